The summed E-state index contributed by atoms with van der Waals surface area (Å²) in [6.45, 7) is 0. The summed E-state index contributed by atoms with van der Waals surface area (Å²) in [4.78, 5) is 22.6. The van der Waals surface area contributed by atoms with Gasteiger partial charge in [-0.3, -0.25) is 4.79 Å². The van der Waals surface area contributed by atoms with Crippen molar-refractivity contribution in [3.05, 3.63) is 58.5 Å². The molecule has 6 heteroatoms. The van der Waals surface area contributed by atoms with Gasteiger partial charge in [-0.15, -0.1) is 0 Å². The van der Waals surface area contributed by atoms with Crippen LogP contribution in [0.3, 0.4) is 0 Å². The van der Waals surface area contributed by atoms with E-state index in [1.807, 2.05) is 0 Å². The van der Waals surface area contributed by atoms with Crippen molar-refractivity contribution >= 4 is 39.6 Å². The van der Waals surface area contributed by atoms with E-state index in [-0.39, 0.29) is 11.5 Å². The third-order valence-corrected chi connectivity index (χ3v) is 3.10. The van der Waals surface area contributed by atoms with Crippen LogP contribution >= 0.6 is 15.9 Å². The highest BCUT2D eigenvalue weighted by Gasteiger charge is 2.09. The van der Waals surface area contributed by atoms with Crippen molar-refractivity contribution in [3.63, 3.8) is 0 Å². The number of rotatable bonds is 4. The highest BCUT2D eigenvalue weighted by atomic mass is 79.9. The Hall–Kier alpha value is -2.34. The number of aromatic carboxylic acids is 1. The van der Waals surface area contributed by atoms with Crippen molar-refractivity contribution in [3.8, 4) is 0 Å². The van der Waals surface area contributed by atoms with Gasteiger partial charge >= 0.3 is 5.97 Å². The molecule has 1 aromatic carbocycles. The van der Waals surface area contributed by atoms with Gasteiger partial charge in [0.25, 0.3) is 0 Å². The van der Waals surface area contributed by atoms with E-state index in [1.165, 1.54) is 24.5 Å². The molecule has 0 bridgehead atoms. The second-order valence-electron chi connectivity index (χ2n) is 3.84. The maximum Gasteiger partial charge on any atom is 0.336 e. The molecule has 0 unspecified atom stereocenters. The van der Waals surface area contributed by atoms with Gasteiger partial charge in [-0.2, -0.15) is 0 Å². The molecule has 0 saturated carbocycles. The molecule has 1 aromatic heterocycles. The number of anilines is 1. The second kappa shape index (κ2) is 6.21. The molecule has 0 radical (unpaired) electrons. The summed E-state index contributed by atoms with van der Waals surface area (Å²) >= 11 is 3.13. The van der Waals surface area contributed by atoms with Crippen LogP contribution in [0.4, 0.5) is 5.69 Å². The number of hydrogen-bond donors (Lipinski definition) is 2. The molecule has 2 aromatic rings. The number of furan rings is 1. The minimum absolute atomic E-state index is 0.0813. The lowest BCUT2D eigenvalue weighted by Crippen LogP contribution is -2.09. The van der Waals surface area contributed by atoms with Crippen molar-refractivity contribution in [2.45, 2.75) is 0 Å². The van der Waals surface area contributed by atoms with Gasteiger partial charge in [-0.1, -0.05) is 0 Å². The number of nitrogens with one attached hydrogen (secondary N) is 1. The second-order valence-corrected chi connectivity index (χ2v) is 4.69. The monoisotopic (exact) mass is 335 g/mol. The topological polar surface area (TPSA) is 79.5 Å². The Morgan fingerprint density at radius 1 is 1.30 bits per heavy atom. The summed E-state index contributed by atoms with van der Waals surface area (Å²) in [5.41, 5.74) is 0.484. The predicted molar refractivity (Wildman–Crippen MR) is 77.5 cm³/mol. The van der Waals surface area contributed by atoms with Crippen molar-refractivity contribution < 1.29 is 19.1 Å². The van der Waals surface area contributed by atoms with Crippen LogP contribution < -0.4 is 5.32 Å². The molecule has 0 fully saturated rings. The molecule has 2 N–H and O–H groups in total. The number of benzene rings is 1. The molecule has 5 nitrogen and oxygen atoms in total. The number of hydrogen-bond acceptors (Lipinski definition) is 3. The molecule has 0 spiro atoms. The van der Waals surface area contributed by atoms with Crippen molar-refractivity contribution in [2.24, 2.45) is 0 Å². The number of carbonyl (C=O) groups excluding carboxylic acids is 1. The smallest absolute Gasteiger partial charge is 0.336 e. The average molecular weight is 336 g/mol. The standard InChI is InChI=1S/C14H10BrNO4/c15-12-5-3-9(8-11(12)14(18)19)16-13(17)6-4-10-2-1-7-20-10/h1-8H,(H,16,17)(H,18,19)/b6-4+. The normalized spacial score (nSPS) is 10.7. The highest BCUT2D eigenvalue weighted by Crippen LogP contribution is 2.21. The number of carboxylic acids is 1. The molecule has 0 aliphatic heterocycles. The van der Waals surface area contributed by atoms with Crippen LogP contribution in [-0.2, 0) is 4.79 Å². The van der Waals surface area contributed by atoms with E-state index in [9.17, 15) is 9.59 Å². The molecule has 0 aliphatic rings. The Morgan fingerprint density at radius 3 is 2.75 bits per heavy atom. The SMILES string of the molecule is O=C(/C=C/c1ccco1)Nc1ccc(Br)c(C(=O)O)c1. The summed E-state index contributed by atoms with van der Waals surface area (Å²) in [5, 5.41) is 11.6. The Labute approximate surface area is 123 Å². The van der Waals surface area contributed by atoms with E-state index < -0.39 is 5.97 Å². The third-order valence-electron chi connectivity index (χ3n) is 2.41. The average Bonchev–Trinajstić information content (AvgIpc) is 2.91. The summed E-state index contributed by atoms with van der Waals surface area (Å²) in [5.74, 6) is -0.888. The van der Waals surface area contributed by atoms with Crippen LogP contribution in [0.1, 0.15) is 16.1 Å². The summed E-state index contributed by atoms with van der Waals surface area (Å²) < 4.78 is 5.50. The van der Waals surface area contributed by atoms with Crippen LogP contribution in [0.15, 0.2) is 51.6 Å². The zero-order chi connectivity index (χ0) is 14.5. The fraction of sp³-hybridized carbons (Fsp3) is 0. The Balaban J connectivity index is 2.08. The number of carbonyl (C=O) groups is 2. The Bertz CT molecular complexity index is 662. The van der Waals surface area contributed by atoms with Crippen LogP contribution in [0.2, 0.25) is 0 Å². The number of halogens is 1. The van der Waals surface area contributed by atoms with E-state index in [0.29, 0.717) is 15.9 Å². The first-order valence-electron chi connectivity index (χ1n) is 5.61. The molecule has 0 atom stereocenters. The fourth-order valence-corrected chi connectivity index (χ4v) is 1.91. The Morgan fingerprint density at radius 2 is 2.10 bits per heavy atom. The first-order valence-corrected chi connectivity index (χ1v) is 6.41. The molecule has 1 heterocycles. The van der Waals surface area contributed by atoms with E-state index in [4.69, 9.17) is 9.52 Å². The van der Waals surface area contributed by atoms with Gasteiger partial charge in [0.1, 0.15) is 5.76 Å². The van der Waals surface area contributed by atoms with Crippen molar-refractivity contribution in [1.82, 2.24) is 0 Å². The third kappa shape index (κ3) is 3.58. The Kier molecular flexibility index (Phi) is 4.37. The number of carboxylic acid groups (broad SMARTS) is 1. The van der Waals surface area contributed by atoms with Gasteiger partial charge in [-0.25, -0.2) is 4.79 Å². The van der Waals surface area contributed by atoms with Gasteiger partial charge in [0.05, 0.1) is 11.8 Å². The van der Waals surface area contributed by atoms with Crippen LogP contribution in [0.25, 0.3) is 6.08 Å². The van der Waals surface area contributed by atoms with Gasteiger partial charge in [0.15, 0.2) is 0 Å². The molecule has 0 saturated heterocycles. The largest absolute Gasteiger partial charge is 0.478 e. The minimum Gasteiger partial charge on any atom is -0.478 e. The van der Waals surface area contributed by atoms with Gasteiger partial charge < -0.3 is 14.8 Å². The quantitative estimate of drug-likeness (QED) is 0.839. The molecule has 20 heavy (non-hydrogen) atoms. The fourth-order valence-electron chi connectivity index (χ4n) is 1.49. The predicted octanol–water partition coefficient (Wildman–Crippen LogP) is 3.39. The molecule has 0 aliphatic carbocycles. The summed E-state index contributed by atoms with van der Waals surface area (Å²) in [6.07, 6.45) is 4.33. The first-order chi connectivity index (χ1) is 9.56. The van der Waals surface area contributed by atoms with Gasteiger partial charge in [0, 0.05) is 16.2 Å². The lowest BCUT2D eigenvalue weighted by atomic mass is 10.2. The van der Waals surface area contributed by atoms with E-state index >= 15 is 0 Å². The van der Waals surface area contributed by atoms with E-state index in [1.54, 1.807) is 24.3 Å². The van der Waals surface area contributed by atoms with Gasteiger partial charge in [0.2, 0.25) is 5.91 Å². The highest BCUT2D eigenvalue weighted by molar-refractivity contribution is 9.10. The zero-order valence-corrected chi connectivity index (χ0v) is 11.8. The van der Waals surface area contributed by atoms with E-state index in [0.717, 1.165) is 0 Å². The van der Waals surface area contributed by atoms with Crippen LogP contribution in [0.5, 0.6) is 0 Å². The zero-order valence-electron chi connectivity index (χ0n) is 10.2. The van der Waals surface area contributed by atoms with Crippen LogP contribution in [0, 0.1) is 0 Å². The number of amides is 1. The first kappa shape index (κ1) is 14.1. The lowest BCUT2D eigenvalue weighted by Gasteiger charge is -2.05. The van der Waals surface area contributed by atoms with Crippen molar-refractivity contribution in [1.29, 1.82) is 0 Å². The maximum absolute atomic E-state index is 11.7. The molecule has 2 rings (SSSR count). The summed E-state index contributed by atoms with van der Waals surface area (Å²) in [6, 6.07) is 7.98. The maximum atomic E-state index is 11.7. The molecular formula is C14H10BrNO4. The lowest BCUT2D eigenvalue weighted by molar-refractivity contribution is -0.111. The molecule has 102 valence electrons. The summed E-state index contributed by atoms with van der Waals surface area (Å²) in [7, 11) is 0. The van der Waals surface area contributed by atoms with Crippen LogP contribution in [-0.4, -0.2) is 17.0 Å². The minimum atomic E-state index is -1.07. The molecule has 1 amide bonds. The van der Waals surface area contributed by atoms with E-state index in [2.05, 4.69) is 21.2 Å². The molecular weight excluding hydrogens is 326 g/mol. The van der Waals surface area contributed by atoms with Crippen molar-refractivity contribution in [2.75, 3.05) is 5.32 Å². The van der Waals surface area contributed by atoms with Gasteiger partial charge in [-0.05, 0) is 52.3 Å².